The predicted molar refractivity (Wildman–Crippen MR) is 67.5 cm³/mol. The fourth-order valence-corrected chi connectivity index (χ4v) is 1.62. The van der Waals surface area contributed by atoms with Crippen LogP contribution >= 0.6 is 23.2 Å². The van der Waals surface area contributed by atoms with Gasteiger partial charge in [0.25, 0.3) is 5.91 Å². The van der Waals surface area contributed by atoms with E-state index in [4.69, 9.17) is 23.2 Å². The summed E-state index contributed by atoms with van der Waals surface area (Å²) >= 11 is 11.4. The highest BCUT2D eigenvalue weighted by molar-refractivity contribution is 6.34. The summed E-state index contributed by atoms with van der Waals surface area (Å²) in [4.78, 5) is 15.8. The Kier molecular flexibility index (Phi) is 4.07. The molecule has 5 nitrogen and oxygen atoms in total. The second kappa shape index (κ2) is 5.75. The van der Waals surface area contributed by atoms with E-state index in [0.717, 1.165) is 5.56 Å². The Morgan fingerprint density at radius 1 is 1.33 bits per heavy atom. The molecule has 1 N–H and O–H groups in total. The van der Waals surface area contributed by atoms with Crippen LogP contribution in [0.25, 0.3) is 0 Å². The highest BCUT2D eigenvalue weighted by atomic mass is 35.5. The zero-order valence-electron chi connectivity index (χ0n) is 9.10. The van der Waals surface area contributed by atoms with Gasteiger partial charge in [0.05, 0.1) is 5.56 Å². The third kappa shape index (κ3) is 3.15. The average molecular weight is 283 g/mol. The van der Waals surface area contributed by atoms with Gasteiger partial charge in [0.15, 0.2) is 10.3 Å². The topological polar surface area (TPSA) is 67.8 Å². The fourth-order valence-electron chi connectivity index (χ4n) is 1.29. The van der Waals surface area contributed by atoms with Gasteiger partial charge in [-0.2, -0.15) is 0 Å². The molecule has 0 radical (unpaired) electrons. The number of pyridine rings is 1. The lowest BCUT2D eigenvalue weighted by Crippen LogP contribution is -2.23. The van der Waals surface area contributed by atoms with Crippen molar-refractivity contribution in [3.05, 3.63) is 52.0 Å². The van der Waals surface area contributed by atoms with Crippen molar-refractivity contribution in [1.82, 2.24) is 20.5 Å². The van der Waals surface area contributed by atoms with Crippen LogP contribution in [-0.2, 0) is 6.54 Å². The van der Waals surface area contributed by atoms with E-state index in [2.05, 4.69) is 20.5 Å². The van der Waals surface area contributed by atoms with Crippen molar-refractivity contribution in [1.29, 1.82) is 0 Å². The summed E-state index contributed by atoms with van der Waals surface area (Å²) in [7, 11) is 0. The van der Waals surface area contributed by atoms with Crippen molar-refractivity contribution in [2.45, 2.75) is 6.54 Å². The molecule has 0 atom stereocenters. The van der Waals surface area contributed by atoms with Crippen LogP contribution < -0.4 is 5.32 Å². The van der Waals surface area contributed by atoms with Gasteiger partial charge >= 0.3 is 0 Å². The van der Waals surface area contributed by atoms with E-state index in [1.54, 1.807) is 18.5 Å². The van der Waals surface area contributed by atoms with Crippen molar-refractivity contribution in [3.8, 4) is 0 Å². The van der Waals surface area contributed by atoms with Crippen LogP contribution in [0.4, 0.5) is 0 Å². The lowest BCUT2D eigenvalue weighted by molar-refractivity contribution is 0.0950. The number of nitrogens with one attached hydrogen (secondary N) is 1. The maximum absolute atomic E-state index is 11.8. The number of rotatable bonds is 3. The fraction of sp³-hybridized carbons (Fsp3) is 0.0909. The molecule has 7 heteroatoms. The van der Waals surface area contributed by atoms with Crippen LogP contribution in [0, 0.1) is 0 Å². The highest BCUT2D eigenvalue weighted by Crippen LogP contribution is 2.15. The Balaban J connectivity index is 2.06. The smallest absolute Gasteiger partial charge is 0.254 e. The van der Waals surface area contributed by atoms with Crippen LogP contribution in [0.15, 0.2) is 30.6 Å². The zero-order chi connectivity index (χ0) is 13.0. The van der Waals surface area contributed by atoms with Crippen molar-refractivity contribution >= 4 is 29.1 Å². The van der Waals surface area contributed by atoms with E-state index in [0.29, 0.717) is 6.54 Å². The number of nitrogens with zero attached hydrogens (tertiary/aromatic N) is 3. The zero-order valence-corrected chi connectivity index (χ0v) is 10.6. The summed E-state index contributed by atoms with van der Waals surface area (Å²) in [6.45, 7) is 0.350. The van der Waals surface area contributed by atoms with E-state index in [1.165, 1.54) is 6.07 Å². The molecule has 0 spiro atoms. The predicted octanol–water partition coefficient (Wildman–Crippen LogP) is 2.11. The van der Waals surface area contributed by atoms with Crippen LogP contribution in [0.1, 0.15) is 15.9 Å². The van der Waals surface area contributed by atoms with Crippen LogP contribution in [0.3, 0.4) is 0 Å². The Hall–Kier alpha value is -1.72. The van der Waals surface area contributed by atoms with E-state index in [-0.39, 0.29) is 21.8 Å². The number of aromatic nitrogens is 3. The second-order valence-corrected chi connectivity index (χ2v) is 4.16. The lowest BCUT2D eigenvalue weighted by atomic mass is 10.2. The van der Waals surface area contributed by atoms with Gasteiger partial charge in [0, 0.05) is 18.9 Å². The van der Waals surface area contributed by atoms with Crippen molar-refractivity contribution in [2.24, 2.45) is 0 Å². The molecule has 0 bridgehead atoms. The summed E-state index contributed by atoms with van der Waals surface area (Å²) in [5.41, 5.74) is 1.08. The first-order valence-electron chi connectivity index (χ1n) is 5.02. The molecular weight excluding hydrogens is 275 g/mol. The third-order valence-corrected chi connectivity index (χ3v) is 2.60. The molecule has 0 saturated heterocycles. The minimum Gasteiger partial charge on any atom is -0.348 e. The number of carbonyl (C=O) groups excluding carboxylic acids is 1. The van der Waals surface area contributed by atoms with Crippen molar-refractivity contribution in [2.75, 3.05) is 0 Å². The molecule has 0 fully saturated rings. The van der Waals surface area contributed by atoms with Gasteiger partial charge in [-0.1, -0.05) is 29.3 Å². The number of carbonyl (C=O) groups is 1. The molecule has 92 valence electrons. The molecule has 2 heterocycles. The Bertz CT molecular complexity index is 562. The molecule has 2 rings (SSSR count). The SMILES string of the molecule is O=C(NCc1cccnc1)c1cc(Cl)nnc1Cl. The van der Waals surface area contributed by atoms with Crippen molar-refractivity contribution in [3.63, 3.8) is 0 Å². The van der Waals surface area contributed by atoms with Gasteiger partial charge in [-0.05, 0) is 17.7 Å². The molecule has 2 aromatic heterocycles. The minimum atomic E-state index is -0.361. The third-order valence-electron chi connectivity index (χ3n) is 2.14. The molecule has 0 saturated carbocycles. The first kappa shape index (κ1) is 12.7. The number of halogens is 2. The van der Waals surface area contributed by atoms with Gasteiger partial charge < -0.3 is 5.32 Å². The monoisotopic (exact) mass is 282 g/mol. The van der Waals surface area contributed by atoms with Gasteiger partial charge in [-0.15, -0.1) is 10.2 Å². The normalized spacial score (nSPS) is 10.1. The maximum Gasteiger partial charge on any atom is 0.254 e. The summed E-state index contributed by atoms with van der Waals surface area (Å²) in [5, 5.41) is 9.93. The van der Waals surface area contributed by atoms with E-state index >= 15 is 0 Å². The van der Waals surface area contributed by atoms with Gasteiger partial charge in [0.1, 0.15) is 0 Å². The Morgan fingerprint density at radius 2 is 2.17 bits per heavy atom. The van der Waals surface area contributed by atoms with Gasteiger partial charge in [-0.25, -0.2) is 0 Å². The van der Waals surface area contributed by atoms with Gasteiger partial charge in [0.2, 0.25) is 0 Å². The molecule has 0 aromatic carbocycles. The number of hydrogen-bond acceptors (Lipinski definition) is 4. The largest absolute Gasteiger partial charge is 0.348 e. The maximum atomic E-state index is 11.8. The number of hydrogen-bond donors (Lipinski definition) is 1. The van der Waals surface area contributed by atoms with Crippen LogP contribution in [0.5, 0.6) is 0 Å². The number of amides is 1. The van der Waals surface area contributed by atoms with Gasteiger partial charge in [-0.3, -0.25) is 9.78 Å². The minimum absolute atomic E-state index is 0.0167. The first-order valence-corrected chi connectivity index (χ1v) is 5.78. The van der Waals surface area contributed by atoms with Crippen LogP contribution in [0.2, 0.25) is 10.3 Å². The molecule has 18 heavy (non-hydrogen) atoms. The molecule has 1 amide bonds. The molecular formula is C11H8Cl2N4O. The highest BCUT2D eigenvalue weighted by Gasteiger charge is 2.12. The van der Waals surface area contributed by atoms with E-state index in [1.807, 2.05) is 6.07 Å². The van der Waals surface area contributed by atoms with E-state index < -0.39 is 0 Å². The van der Waals surface area contributed by atoms with Crippen molar-refractivity contribution < 1.29 is 4.79 Å². The first-order chi connectivity index (χ1) is 8.66. The summed E-state index contributed by atoms with van der Waals surface area (Å²) in [6, 6.07) is 5.02. The molecule has 0 aliphatic carbocycles. The Morgan fingerprint density at radius 3 is 2.89 bits per heavy atom. The molecule has 0 aliphatic rings. The molecule has 2 aromatic rings. The van der Waals surface area contributed by atoms with Crippen LogP contribution in [-0.4, -0.2) is 21.1 Å². The van der Waals surface area contributed by atoms with E-state index in [9.17, 15) is 4.79 Å². The summed E-state index contributed by atoms with van der Waals surface area (Å²) in [5.74, 6) is -0.361. The molecule has 0 unspecified atom stereocenters. The second-order valence-electron chi connectivity index (χ2n) is 3.42. The Labute approximate surface area is 113 Å². The lowest BCUT2D eigenvalue weighted by Gasteiger charge is -2.05. The quantitative estimate of drug-likeness (QED) is 0.936. The summed E-state index contributed by atoms with van der Waals surface area (Å²) in [6.07, 6.45) is 3.33. The average Bonchev–Trinajstić information content (AvgIpc) is 2.40. The molecule has 0 aliphatic heterocycles. The summed E-state index contributed by atoms with van der Waals surface area (Å²) < 4.78 is 0. The standard InChI is InChI=1S/C11H8Cl2N4O/c12-9-4-8(10(13)17-16-9)11(18)15-6-7-2-1-3-14-5-7/h1-5H,6H2,(H,15,18).